The van der Waals surface area contributed by atoms with Crippen molar-refractivity contribution in [2.24, 2.45) is 0 Å². The molecule has 114 valence electrons. The highest BCUT2D eigenvalue weighted by Crippen LogP contribution is 2.15. The van der Waals surface area contributed by atoms with Crippen LogP contribution in [0.2, 0.25) is 0 Å². The molecular weight excluding hydrogens is 278 g/mol. The molecule has 0 saturated carbocycles. The van der Waals surface area contributed by atoms with Crippen LogP contribution in [0.25, 0.3) is 5.78 Å². The summed E-state index contributed by atoms with van der Waals surface area (Å²) >= 11 is 0. The van der Waals surface area contributed by atoms with Crippen LogP contribution >= 0.6 is 0 Å². The summed E-state index contributed by atoms with van der Waals surface area (Å²) < 4.78 is 7.54. The molecule has 0 unspecified atom stereocenters. The number of anilines is 1. The minimum absolute atomic E-state index is 0.595. The third kappa shape index (κ3) is 3.00. The van der Waals surface area contributed by atoms with Gasteiger partial charge in [0.25, 0.3) is 5.78 Å². The first kappa shape index (κ1) is 14.3. The Kier molecular flexibility index (Phi) is 3.91. The normalized spacial score (nSPS) is 10.9. The smallest absolute Gasteiger partial charge is 0.254 e. The van der Waals surface area contributed by atoms with Gasteiger partial charge >= 0.3 is 0 Å². The topological polar surface area (TPSA) is 55.5 Å². The molecule has 0 atom stereocenters. The van der Waals surface area contributed by atoms with Crippen LogP contribution in [0.3, 0.4) is 0 Å². The van der Waals surface area contributed by atoms with Gasteiger partial charge in [0.2, 0.25) is 0 Å². The summed E-state index contributed by atoms with van der Waals surface area (Å²) in [5, 5.41) is 4.22. The molecule has 0 aliphatic carbocycles. The Morgan fingerprint density at radius 1 is 1.23 bits per heavy atom. The highest BCUT2D eigenvalue weighted by Gasteiger charge is 2.10. The van der Waals surface area contributed by atoms with E-state index in [1.165, 1.54) is 11.9 Å². The molecule has 0 N–H and O–H groups in total. The molecule has 0 bridgehead atoms. The molecule has 0 spiro atoms. The van der Waals surface area contributed by atoms with Crippen molar-refractivity contribution in [1.29, 1.82) is 0 Å². The van der Waals surface area contributed by atoms with Crippen LogP contribution in [0, 0.1) is 13.8 Å². The number of aromatic nitrogens is 4. The second-order valence-electron chi connectivity index (χ2n) is 5.31. The van der Waals surface area contributed by atoms with Gasteiger partial charge in [0.15, 0.2) is 0 Å². The Hall–Kier alpha value is -2.63. The first-order chi connectivity index (χ1) is 10.6. The fourth-order valence-electron chi connectivity index (χ4n) is 2.30. The number of likely N-dealkylation sites (N-methyl/N-ethyl adjacent to an activating group) is 1. The summed E-state index contributed by atoms with van der Waals surface area (Å²) in [5.74, 6) is 2.46. The number of nitrogens with zero attached hydrogens (tertiary/aromatic N) is 5. The number of rotatable bonds is 5. The van der Waals surface area contributed by atoms with E-state index in [0.29, 0.717) is 12.4 Å². The summed E-state index contributed by atoms with van der Waals surface area (Å²) in [6.07, 6.45) is 1.52. The lowest BCUT2D eigenvalue weighted by molar-refractivity contribution is 0.325. The van der Waals surface area contributed by atoms with Crippen LogP contribution in [-0.4, -0.2) is 39.8 Å². The van der Waals surface area contributed by atoms with E-state index in [0.717, 1.165) is 23.8 Å². The van der Waals surface area contributed by atoms with Crippen LogP contribution < -0.4 is 9.64 Å². The predicted molar refractivity (Wildman–Crippen MR) is 85.5 cm³/mol. The zero-order valence-corrected chi connectivity index (χ0v) is 13.0. The lowest BCUT2D eigenvalue weighted by Gasteiger charge is -2.20. The predicted octanol–water partition coefficient (Wildman–Crippen LogP) is 2.26. The number of benzene rings is 1. The second-order valence-corrected chi connectivity index (χ2v) is 5.31. The molecule has 1 aromatic carbocycles. The van der Waals surface area contributed by atoms with Crippen molar-refractivity contribution in [3.8, 4) is 5.75 Å². The maximum Gasteiger partial charge on any atom is 0.254 e. The van der Waals surface area contributed by atoms with Gasteiger partial charge < -0.3 is 9.64 Å². The molecule has 3 rings (SSSR count). The van der Waals surface area contributed by atoms with E-state index in [1.807, 2.05) is 38.2 Å². The van der Waals surface area contributed by atoms with Crippen molar-refractivity contribution in [3.63, 3.8) is 0 Å². The van der Waals surface area contributed by atoms with E-state index in [4.69, 9.17) is 4.74 Å². The molecule has 2 heterocycles. The highest BCUT2D eigenvalue weighted by atomic mass is 16.5. The number of ether oxygens (including phenoxy) is 1. The molecule has 22 heavy (non-hydrogen) atoms. The third-order valence-corrected chi connectivity index (χ3v) is 3.44. The van der Waals surface area contributed by atoms with Gasteiger partial charge in [-0.25, -0.2) is 4.98 Å². The third-order valence-electron chi connectivity index (χ3n) is 3.44. The first-order valence-electron chi connectivity index (χ1n) is 7.21. The molecule has 0 amide bonds. The average Bonchev–Trinajstić information content (AvgIpc) is 2.94. The van der Waals surface area contributed by atoms with Gasteiger partial charge in [-0.15, -0.1) is 0 Å². The van der Waals surface area contributed by atoms with E-state index in [-0.39, 0.29) is 0 Å². The van der Waals surface area contributed by atoms with Crippen LogP contribution in [0.15, 0.2) is 36.7 Å². The quantitative estimate of drug-likeness (QED) is 0.723. The van der Waals surface area contributed by atoms with Crippen LogP contribution in [-0.2, 0) is 0 Å². The van der Waals surface area contributed by atoms with E-state index < -0.39 is 0 Å². The number of aryl methyl sites for hydroxylation is 2. The summed E-state index contributed by atoms with van der Waals surface area (Å²) in [7, 11) is 2.01. The Labute approximate surface area is 129 Å². The Bertz CT molecular complexity index is 783. The van der Waals surface area contributed by atoms with Gasteiger partial charge in [0.1, 0.15) is 24.5 Å². The van der Waals surface area contributed by atoms with Gasteiger partial charge in [-0.1, -0.05) is 12.1 Å². The molecule has 0 aliphatic rings. The fraction of sp³-hybridized carbons (Fsp3) is 0.312. The molecule has 6 nitrogen and oxygen atoms in total. The molecule has 2 aromatic heterocycles. The maximum absolute atomic E-state index is 5.80. The number of hydrogen-bond donors (Lipinski definition) is 0. The second kappa shape index (κ2) is 6.01. The monoisotopic (exact) mass is 297 g/mol. The van der Waals surface area contributed by atoms with E-state index in [1.54, 1.807) is 4.52 Å². The fourth-order valence-corrected chi connectivity index (χ4v) is 2.30. The van der Waals surface area contributed by atoms with Crippen molar-refractivity contribution >= 4 is 11.6 Å². The van der Waals surface area contributed by atoms with Crippen molar-refractivity contribution in [1.82, 2.24) is 19.6 Å². The molecule has 0 aliphatic heterocycles. The minimum Gasteiger partial charge on any atom is -0.492 e. The molecule has 6 heteroatoms. The van der Waals surface area contributed by atoms with Crippen molar-refractivity contribution in [3.05, 3.63) is 47.9 Å². The molecule has 0 fully saturated rings. The standard InChI is InChI=1S/C16H19N5O/c1-12-5-4-6-14(9-12)22-8-7-20(3)15-10-13(2)19-16-17-11-18-21(15)16/h4-6,9-11H,7-8H2,1-3H3. The summed E-state index contributed by atoms with van der Waals surface area (Å²) in [4.78, 5) is 10.6. The molecule has 0 radical (unpaired) electrons. The first-order valence-corrected chi connectivity index (χ1v) is 7.21. The lowest BCUT2D eigenvalue weighted by atomic mass is 10.2. The minimum atomic E-state index is 0.595. The van der Waals surface area contributed by atoms with Crippen molar-refractivity contribution in [2.45, 2.75) is 13.8 Å². The SMILES string of the molecule is Cc1cccc(OCCN(C)c2cc(C)nc3ncnn23)c1. The lowest BCUT2D eigenvalue weighted by Crippen LogP contribution is -2.26. The summed E-state index contributed by atoms with van der Waals surface area (Å²) in [5.41, 5.74) is 2.11. The maximum atomic E-state index is 5.80. The van der Waals surface area contributed by atoms with Gasteiger partial charge in [0.05, 0.1) is 6.54 Å². The largest absolute Gasteiger partial charge is 0.492 e. The number of hydrogen-bond acceptors (Lipinski definition) is 5. The van der Waals surface area contributed by atoms with Crippen molar-refractivity contribution in [2.75, 3.05) is 25.1 Å². The Morgan fingerprint density at radius 2 is 2.09 bits per heavy atom. The average molecular weight is 297 g/mol. The van der Waals surface area contributed by atoms with E-state index in [2.05, 4.69) is 33.0 Å². The summed E-state index contributed by atoms with van der Waals surface area (Å²) in [6, 6.07) is 10.1. The number of fused-ring (bicyclic) bond motifs is 1. The van der Waals surface area contributed by atoms with Crippen molar-refractivity contribution < 1.29 is 4.74 Å². The van der Waals surface area contributed by atoms with Crippen LogP contribution in [0.5, 0.6) is 5.75 Å². The summed E-state index contributed by atoms with van der Waals surface area (Å²) in [6.45, 7) is 5.35. The highest BCUT2D eigenvalue weighted by molar-refractivity contribution is 5.46. The van der Waals surface area contributed by atoms with E-state index in [9.17, 15) is 0 Å². The zero-order valence-electron chi connectivity index (χ0n) is 13.0. The Morgan fingerprint density at radius 3 is 2.91 bits per heavy atom. The van der Waals surface area contributed by atoms with E-state index >= 15 is 0 Å². The molecule has 0 saturated heterocycles. The van der Waals surface area contributed by atoms with Crippen LogP contribution in [0.4, 0.5) is 5.82 Å². The van der Waals surface area contributed by atoms with Crippen LogP contribution in [0.1, 0.15) is 11.3 Å². The molecular formula is C16H19N5O. The zero-order chi connectivity index (χ0) is 15.5. The van der Waals surface area contributed by atoms with Gasteiger partial charge in [-0.05, 0) is 31.5 Å². The van der Waals surface area contributed by atoms with Gasteiger partial charge in [-0.2, -0.15) is 14.6 Å². The molecule has 3 aromatic rings. The van der Waals surface area contributed by atoms with Gasteiger partial charge in [0, 0.05) is 18.8 Å². The Balaban J connectivity index is 1.68. The van der Waals surface area contributed by atoms with Gasteiger partial charge in [-0.3, -0.25) is 0 Å².